The van der Waals surface area contributed by atoms with Crippen molar-refractivity contribution < 1.29 is 13.2 Å². The summed E-state index contributed by atoms with van der Waals surface area (Å²) in [6, 6.07) is 1.74. The number of hydrogen-bond donors (Lipinski definition) is 1. The van der Waals surface area contributed by atoms with Crippen molar-refractivity contribution in [2.45, 2.75) is 45.5 Å². The average molecular weight is 301 g/mol. The Balaban J connectivity index is 2.86. The van der Waals surface area contributed by atoms with Gasteiger partial charge in [-0.3, -0.25) is 0 Å². The van der Waals surface area contributed by atoms with Gasteiger partial charge in [-0.15, -0.1) is 0 Å². The first-order chi connectivity index (χ1) is 9.01. The summed E-state index contributed by atoms with van der Waals surface area (Å²) in [4.78, 5) is 8.45. The molecule has 0 spiro atoms. The molecule has 1 heterocycles. The third-order valence-electron chi connectivity index (χ3n) is 2.86. The molecule has 1 aromatic heterocycles. The largest absolute Gasteiger partial charge is 0.475 e. The molecule has 0 saturated carbocycles. The van der Waals surface area contributed by atoms with E-state index in [0.717, 1.165) is 5.69 Å². The Morgan fingerprint density at radius 2 is 1.95 bits per heavy atom. The fraction of sp³-hybridized carbons (Fsp3) is 0.692. The number of aromatic nitrogens is 2. The highest BCUT2D eigenvalue weighted by Crippen LogP contribution is 2.17. The van der Waals surface area contributed by atoms with Crippen molar-refractivity contribution in [2.24, 2.45) is 0 Å². The van der Waals surface area contributed by atoms with Gasteiger partial charge in [0.25, 0.3) is 0 Å². The van der Waals surface area contributed by atoms with E-state index >= 15 is 0 Å². The minimum absolute atomic E-state index is 0.0182. The molecule has 0 aliphatic rings. The molecule has 0 radical (unpaired) electrons. The number of aryl methyl sites for hydroxylation is 1. The van der Waals surface area contributed by atoms with Crippen LogP contribution in [0.3, 0.4) is 0 Å². The number of ether oxygens (including phenoxy) is 1. The van der Waals surface area contributed by atoms with Gasteiger partial charge in [-0.1, -0.05) is 0 Å². The average Bonchev–Trinajstić information content (AvgIpc) is 2.23. The van der Waals surface area contributed by atoms with Crippen molar-refractivity contribution in [3.05, 3.63) is 11.8 Å². The van der Waals surface area contributed by atoms with Crippen LogP contribution in [-0.2, 0) is 9.84 Å². The Hall–Kier alpha value is -1.37. The van der Waals surface area contributed by atoms with Gasteiger partial charge in [0, 0.05) is 24.6 Å². The molecule has 20 heavy (non-hydrogen) atoms. The van der Waals surface area contributed by atoms with E-state index in [9.17, 15) is 8.42 Å². The van der Waals surface area contributed by atoms with Gasteiger partial charge in [-0.05, 0) is 34.6 Å². The molecule has 0 bridgehead atoms. The normalized spacial score (nSPS) is 12.6. The SMILES string of the molecule is Cc1cc(OC(C)C)nc(NCC(C)(C)S(C)(=O)=O)n1. The molecule has 7 heteroatoms. The van der Waals surface area contributed by atoms with Gasteiger partial charge in [-0.2, -0.15) is 4.98 Å². The number of nitrogens with one attached hydrogen (secondary N) is 1. The summed E-state index contributed by atoms with van der Waals surface area (Å²) in [5.74, 6) is 0.851. The van der Waals surface area contributed by atoms with E-state index in [4.69, 9.17) is 4.74 Å². The van der Waals surface area contributed by atoms with E-state index in [1.54, 1.807) is 19.9 Å². The molecule has 0 amide bonds. The first-order valence-corrected chi connectivity index (χ1v) is 8.36. The van der Waals surface area contributed by atoms with Gasteiger partial charge in [0.1, 0.15) is 0 Å². The van der Waals surface area contributed by atoms with E-state index in [2.05, 4.69) is 15.3 Å². The van der Waals surface area contributed by atoms with E-state index in [0.29, 0.717) is 11.8 Å². The lowest BCUT2D eigenvalue weighted by Crippen LogP contribution is -2.38. The van der Waals surface area contributed by atoms with Crippen molar-refractivity contribution >= 4 is 15.8 Å². The summed E-state index contributed by atoms with van der Waals surface area (Å²) in [6.07, 6.45) is 1.24. The quantitative estimate of drug-likeness (QED) is 0.863. The summed E-state index contributed by atoms with van der Waals surface area (Å²) in [5.41, 5.74) is 0.760. The first kappa shape index (κ1) is 16.7. The molecule has 114 valence electrons. The topological polar surface area (TPSA) is 81.2 Å². The van der Waals surface area contributed by atoms with Crippen LogP contribution in [0.5, 0.6) is 5.88 Å². The van der Waals surface area contributed by atoms with Crippen LogP contribution in [0.25, 0.3) is 0 Å². The van der Waals surface area contributed by atoms with Crippen LogP contribution in [0.2, 0.25) is 0 Å². The molecule has 1 rings (SSSR count). The molecule has 1 aromatic rings. The standard InChI is InChI=1S/C13H23N3O3S/c1-9(2)19-11-7-10(3)15-12(16-11)14-8-13(4,5)20(6,17)18/h7,9H,8H2,1-6H3,(H,14,15,16). The van der Waals surface area contributed by atoms with Gasteiger partial charge >= 0.3 is 0 Å². The minimum Gasteiger partial charge on any atom is -0.475 e. The lowest BCUT2D eigenvalue weighted by atomic mass is 10.2. The predicted molar refractivity (Wildman–Crippen MR) is 79.9 cm³/mol. The van der Waals surface area contributed by atoms with Crippen LogP contribution in [-0.4, -0.2) is 42.0 Å². The molecule has 0 aromatic carbocycles. The number of nitrogens with zero attached hydrogens (tertiary/aromatic N) is 2. The van der Waals surface area contributed by atoms with Crippen molar-refractivity contribution in [1.29, 1.82) is 0 Å². The van der Waals surface area contributed by atoms with Crippen molar-refractivity contribution in [3.63, 3.8) is 0 Å². The summed E-state index contributed by atoms with van der Waals surface area (Å²) < 4.78 is 27.9. The van der Waals surface area contributed by atoms with Crippen LogP contribution in [0, 0.1) is 6.92 Å². The van der Waals surface area contributed by atoms with E-state index in [1.165, 1.54) is 6.26 Å². The zero-order chi connectivity index (χ0) is 15.6. The molecule has 0 fully saturated rings. The summed E-state index contributed by atoms with van der Waals surface area (Å²) in [6.45, 7) is 9.22. The smallest absolute Gasteiger partial charge is 0.226 e. The monoisotopic (exact) mass is 301 g/mol. The van der Waals surface area contributed by atoms with Crippen LogP contribution in [0.4, 0.5) is 5.95 Å². The van der Waals surface area contributed by atoms with Crippen molar-refractivity contribution in [1.82, 2.24) is 9.97 Å². The maximum absolute atomic E-state index is 11.6. The highest BCUT2D eigenvalue weighted by molar-refractivity contribution is 7.92. The first-order valence-electron chi connectivity index (χ1n) is 6.47. The molecule has 1 N–H and O–H groups in total. The predicted octanol–water partition coefficient (Wildman–Crippen LogP) is 1.81. The summed E-state index contributed by atoms with van der Waals surface area (Å²) in [5, 5.41) is 2.96. The third kappa shape index (κ3) is 4.63. The molecule has 0 atom stereocenters. The van der Waals surface area contributed by atoms with Crippen LogP contribution >= 0.6 is 0 Å². The van der Waals surface area contributed by atoms with Gasteiger partial charge < -0.3 is 10.1 Å². The van der Waals surface area contributed by atoms with Gasteiger partial charge in [0.15, 0.2) is 9.84 Å². The lowest BCUT2D eigenvalue weighted by molar-refractivity contribution is 0.232. The Kier molecular flexibility index (Phi) is 4.96. The zero-order valence-corrected chi connectivity index (χ0v) is 13.7. The van der Waals surface area contributed by atoms with E-state index in [-0.39, 0.29) is 12.6 Å². The maximum atomic E-state index is 11.6. The molecular formula is C13H23N3O3S. The minimum atomic E-state index is -3.16. The van der Waals surface area contributed by atoms with Crippen molar-refractivity contribution in [2.75, 3.05) is 18.1 Å². The Morgan fingerprint density at radius 1 is 1.35 bits per heavy atom. The summed E-state index contributed by atoms with van der Waals surface area (Å²) in [7, 11) is -3.16. The number of hydrogen-bond acceptors (Lipinski definition) is 6. The fourth-order valence-corrected chi connectivity index (χ4v) is 1.68. The van der Waals surface area contributed by atoms with E-state index in [1.807, 2.05) is 20.8 Å². The molecule has 6 nitrogen and oxygen atoms in total. The Labute approximate surface area is 120 Å². The molecule has 0 unspecified atom stereocenters. The van der Waals surface area contributed by atoms with Crippen LogP contribution in [0.1, 0.15) is 33.4 Å². The number of rotatable bonds is 6. The lowest BCUT2D eigenvalue weighted by Gasteiger charge is -2.23. The Bertz CT molecular complexity index is 568. The highest BCUT2D eigenvalue weighted by atomic mass is 32.2. The summed E-state index contributed by atoms with van der Waals surface area (Å²) >= 11 is 0. The molecule has 0 saturated heterocycles. The van der Waals surface area contributed by atoms with Crippen LogP contribution in [0.15, 0.2) is 6.07 Å². The number of anilines is 1. The molecule has 0 aliphatic carbocycles. The van der Waals surface area contributed by atoms with Crippen LogP contribution < -0.4 is 10.1 Å². The second-order valence-corrected chi connectivity index (χ2v) is 8.37. The molecular weight excluding hydrogens is 278 g/mol. The number of sulfone groups is 1. The van der Waals surface area contributed by atoms with Gasteiger partial charge in [0.05, 0.1) is 10.9 Å². The fourth-order valence-electron chi connectivity index (χ4n) is 1.34. The second-order valence-electron chi connectivity index (χ2n) is 5.72. The maximum Gasteiger partial charge on any atom is 0.226 e. The highest BCUT2D eigenvalue weighted by Gasteiger charge is 2.30. The third-order valence-corrected chi connectivity index (χ3v) is 5.02. The van der Waals surface area contributed by atoms with Gasteiger partial charge in [0.2, 0.25) is 11.8 Å². The Morgan fingerprint density at radius 3 is 2.45 bits per heavy atom. The zero-order valence-electron chi connectivity index (χ0n) is 12.9. The second kappa shape index (κ2) is 5.95. The molecule has 0 aliphatic heterocycles. The van der Waals surface area contributed by atoms with Crippen molar-refractivity contribution in [3.8, 4) is 5.88 Å². The van der Waals surface area contributed by atoms with E-state index < -0.39 is 14.6 Å². The van der Waals surface area contributed by atoms with Gasteiger partial charge in [-0.25, -0.2) is 13.4 Å².